The first-order valence-corrected chi connectivity index (χ1v) is 6.51. The van der Waals surface area contributed by atoms with Crippen molar-refractivity contribution in [1.29, 1.82) is 0 Å². The Hall–Kier alpha value is -1.17. The van der Waals surface area contributed by atoms with Crippen molar-refractivity contribution >= 4 is 16.8 Å². The van der Waals surface area contributed by atoms with Gasteiger partial charge in [0.15, 0.2) is 0 Å². The monoisotopic (exact) mass is 244 g/mol. The third-order valence-corrected chi connectivity index (χ3v) is 4.22. The first-order chi connectivity index (χ1) is 7.56. The van der Waals surface area contributed by atoms with Crippen LogP contribution >= 0.6 is 0 Å². The summed E-state index contributed by atoms with van der Waals surface area (Å²) in [5, 5.41) is 12.1. The predicted octanol–water partition coefficient (Wildman–Crippen LogP) is 0.575. The summed E-state index contributed by atoms with van der Waals surface area (Å²) in [5.74, 6) is -0.615. The predicted molar refractivity (Wildman–Crippen MR) is 61.6 cm³/mol. The fourth-order valence-electron chi connectivity index (χ4n) is 1.47. The fourth-order valence-corrected chi connectivity index (χ4v) is 2.76. The molecule has 0 fully saturated rings. The minimum absolute atomic E-state index is 0.365. The third-order valence-electron chi connectivity index (χ3n) is 2.45. The van der Waals surface area contributed by atoms with E-state index in [1.54, 1.807) is 17.8 Å². The Morgan fingerprint density at radius 1 is 1.69 bits per heavy atom. The Morgan fingerprint density at radius 2 is 2.38 bits per heavy atom. The Bertz CT molecular complexity index is 389. The molecule has 0 aliphatic heterocycles. The summed E-state index contributed by atoms with van der Waals surface area (Å²) in [6.07, 6.45) is 2.66. The molecule has 2 unspecified atom stereocenters. The highest BCUT2D eigenvalue weighted by Gasteiger charge is 2.22. The number of aromatic nitrogens is 2. The van der Waals surface area contributed by atoms with Gasteiger partial charge < -0.3 is 5.11 Å². The van der Waals surface area contributed by atoms with Crippen molar-refractivity contribution in [3.05, 3.63) is 18.0 Å². The fraction of sp³-hybridized carbons (Fsp3) is 0.600. The molecule has 0 bridgehead atoms. The maximum absolute atomic E-state index is 11.7. The van der Waals surface area contributed by atoms with Gasteiger partial charge in [0.05, 0.1) is 0 Å². The van der Waals surface area contributed by atoms with Gasteiger partial charge in [0.1, 0.15) is 5.25 Å². The maximum atomic E-state index is 11.7. The summed E-state index contributed by atoms with van der Waals surface area (Å²) in [6, 6.07) is 1.85. The number of carboxylic acids is 1. The zero-order valence-corrected chi connectivity index (χ0v) is 10.2. The van der Waals surface area contributed by atoms with Gasteiger partial charge >= 0.3 is 5.97 Å². The van der Waals surface area contributed by atoms with Gasteiger partial charge in [-0.05, 0) is 12.5 Å². The average molecular weight is 244 g/mol. The van der Waals surface area contributed by atoms with Crippen LogP contribution < -0.4 is 0 Å². The average Bonchev–Trinajstić information content (AvgIpc) is 2.61. The summed E-state index contributed by atoms with van der Waals surface area (Å²) >= 11 is 0. The van der Waals surface area contributed by atoms with Crippen molar-refractivity contribution in [2.24, 2.45) is 7.05 Å². The Labute approximate surface area is 96.9 Å². The molecule has 90 valence electrons. The standard InChI is InChI=1S/C10H16N2O3S/c1-3-9(10(13)14)16(15)7-5-8-4-6-11-12(8)2/h4,6,9H,3,5,7H2,1-2H3,(H,13,14). The van der Waals surface area contributed by atoms with Gasteiger partial charge in [-0.2, -0.15) is 5.10 Å². The number of hydrogen-bond acceptors (Lipinski definition) is 3. The van der Waals surface area contributed by atoms with Crippen molar-refractivity contribution in [3.8, 4) is 0 Å². The lowest BCUT2D eigenvalue weighted by Crippen LogP contribution is -2.27. The second-order valence-electron chi connectivity index (χ2n) is 3.52. The smallest absolute Gasteiger partial charge is 0.319 e. The maximum Gasteiger partial charge on any atom is 0.319 e. The molecule has 1 rings (SSSR count). The van der Waals surface area contributed by atoms with Crippen LogP contribution in [-0.2, 0) is 29.1 Å². The number of carboxylic acid groups (broad SMARTS) is 1. The first kappa shape index (κ1) is 12.9. The van der Waals surface area contributed by atoms with Crippen molar-refractivity contribution in [1.82, 2.24) is 9.78 Å². The molecule has 0 aromatic carbocycles. The van der Waals surface area contributed by atoms with Gasteiger partial charge in [0.2, 0.25) is 0 Å². The molecule has 2 atom stereocenters. The Balaban J connectivity index is 2.52. The lowest BCUT2D eigenvalue weighted by atomic mass is 10.3. The summed E-state index contributed by atoms with van der Waals surface area (Å²) in [7, 11) is 0.491. The topological polar surface area (TPSA) is 72.2 Å². The summed E-state index contributed by atoms with van der Waals surface area (Å²) in [5.41, 5.74) is 0.966. The van der Waals surface area contributed by atoms with Crippen LogP contribution in [0.15, 0.2) is 12.3 Å². The van der Waals surface area contributed by atoms with Crippen LogP contribution in [0.4, 0.5) is 0 Å². The van der Waals surface area contributed by atoms with Gasteiger partial charge in [-0.25, -0.2) is 0 Å². The molecular weight excluding hydrogens is 228 g/mol. The Kier molecular flexibility index (Phi) is 4.67. The van der Waals surface area contributed by atoms with Gasteiger partial charge in [-0.3, -0.25) is 13.7 Å². The number of nitrogens with zero attached hydrogens (tertiary/aromatic N) is 2. The van der Waals surface area contributed by atoms with Crippen LogP contribution in [-0.4, -0.2) is 36.1 Å². The number of hydrogen-bond donors (Lipinski definition) is 1. The molecule has 16 heavy (non-hydrogen) atoms. The van der Waals surface area contributed by atoms with Crippen LogP contribution in [0.5, 0.6) is 0 Å². The van der Waals surface area contributed by atoms with Crippen molar-refractivity contribution in [3.63, 3.8) is 0 Å². The molecule has 1 aromatic heterocycles. The van der Waals surface area contributed by atoms with Crippen molar-refractivity contribution in [2.45, 2.75) is 25.0 Å². The normalized spacial score (nSPS) is 14.6. The SMILES string of the molecule is CCC(C(=O)O)S(=O)CCc1ccnn1C. The lowest BCUT2D eigenvalue weighted by molar-refractivity contribution is -0.136. The van der Waals surface area contributed by atoms with E-state index in [9.17, 15) is 9.00 Å². The summed E-state index contributed by atoms with van der Waals surface area (Å²) < 4.78 is 13.4. The van der Waals surface area contributed by atoms with Crippen LogP contribution in [0.3, 0.4) is 0 Å². The molecule has 1 heterocycles. The van der Waals surface area contributed by atoms with Crippen LogP contribution in [0, 0.1) is 0 Å². The van der Waals surface area contributed by atoms with E-state index < -0.39 is 22.0 Å². The van der Waals surface area contributed by atoms with E-state index in [4.69, 9.17) is 5.11 Å². The molecule has 0 saturated carbocycles. The molecule has 0 aliphatic carbocycles. The van der Waals surface area contributed by atoms with E-state index in [1.165, 1.54) is 0 Å². The molecule has 5 nitrogen and oxygen atoms in total. The highest BCUT2D eigenvalue weighted by Crippen LogP contribution is 2.06. The van der Waals surface area contributed by atoms with E-state index >= 15 is 0 Å². The molecule has 0 spiro atoms. The van der Waals surface area contributed by atoms with E-state index in [0.29, 0.717) is 18.6 Å². The molecule has 0 amide bonds. The molecule has 0 radical (unpaired) electrons. The molecule has 1 aromatic rings. The van der Waals surface area contributed by atoms with E-state index in [0.717, 1.165) is 5.69 Å². The van der Waals surface area contributed by atoms with E-state index in [1.807, 2.05) is 13.1 Å². The number of rotatable bonds is 6. The number of aryl methyl sites for hydroxylation is 2. The minimum Gasteiger partial charge on any atom is -0.480 e. The van der Waals surface area contributed by atoms with Crippen molar-refractivity contribution < 1.29 is 14.1 Å². The quantitative estimate of drug-likeness (QED) is 0.794. The van der Waals surface area contributed by atoms with E-state index in [2.05, 4.69) is 5.10 Å². The summed E-state index contributed by atoms with van der Waals surface area (Å²) in [4.78, 5) is 10.8. The molecular formula is C10H16N2O3S. The number of carbonyl (C=O) groups is 1. The molecule has 6 heteroatoms. The van der Waals surface area contributed by atoms with Gasteiger partial charge in [-0.1, -0.05) is 6.92 Å². The van der Waals surface area contributed by atoms with Crippen molar-refractivity contribution in [2.75, 3.05) is 5.75 Å². The highest BCUT2D eigenvalue weighted by atomic mass is 32.2. The third kappa shape index (κ3) is 3.16. The Morgan fingerprint density at radius 3 is 2.81 bits per heavy atom. The summed E-state index contributed by atoms with van der Waals surface area (Å²) in [6.45, 7) is 1.74. The first-order valence-electron chi connectivity index (χ1n) is 5.13. The molecule has 0 saturated heterocycles. The zero-order chi connectivity index (χ0) is 12.1. The van der Waals surface area contributed by atoms with Gasteiger partial charge in [-0.15, -0.1) is 0 Å². The number of aliphatic carboxylic acids is 1. The largest absolute Gasteiger partial charge is 0.480 e. The van der Waals surface area contributed by atoms with Gasteiger partial charge in [0.25, 0.3) is 0 Å². The molecule has 1 N–H and O–H groups in total. The zero-order valence-electron chi connectivity index (χ0n) is 9.42. The van der Waals surface area contributed by atoms with Crippen LogP contribution in [0.2, 0.25) is 0 Å². The second kappa shape index (κ2) is 5.79. The molecule has 0 aliphatic rings. The van der Waals surface area contributed by atoms with Crippen LogP contribution in [0.1, 0.15) is 19.0 Å². The minimum atomic E-state index is -1.32. The second-order valence-corrected chi connectivity index (χ2v) is 5.25. The highest BCUT2D eigenvalue weighted by molar-refractivity contribution is 7.86. The van der Waals surface area contributed by atoms with Gasteiger partial charge in [0, 0.05) is 41.9 Å². The lowest BCUT2D eigenvalue weighted by Gasteiger charge is -2.09. The van der Waals surface area contributed by atoms with E-state index in [-0.39, 0.29) is 0 Å². The van der Waals surface area contributed by atoms with Crippen LogP contribution in [0.25, 0.3) is 0 Å².